The Labute approximate surface area is 50.7 Å². The van der Waals surface area contributed by atoms with E-state index >= 15 is 0 Å². The van der Waals surface area contributed by atoms with Gasteiger partial charge in [-0.2, -0.15) is 0 Å². The molecule has 0 aromatic rings. The summed E-state index contributed by atoms with van der Waals surface area (Å²) in [6.07, 6.45) is 2.93. The third kappa shape index (κ3) is 0.304. The van der Waals surface area contributed by atoms with Crippen molar-refractivity contribution in [2.45, 2.75) is 25.3 Å². The summed E-state index contributed by atoms with van der Waals surface area (Å²) >= 11 is 0. The van der Waals surface area contributed by atoms with Crippen molar-refractivity contribution in [3.8, 4) is 0 Å². The molecule has 46 valence electrons. The lowest BCUT2D eigenvalue weighted by Crippen LogP contribution is -2.69. The first-order chi connectivity index (χ1) is 3.73. The first-order valence-electron chi connectivity index (χ1n) is 3.45. The Morgan fingerprint density at radius 2 is 2.38 bits per heavy atom. The van der Waals surface area contributed by atoms with Gasteiger partial charge in [0.05, 0.1) is 0 Å². The Balaban J connectivity index is 2.12. The molecule has 0 N–H and O–H groups in total. The van der Waals surface area contributed by atoms with Crippen LogP contribution in [0.2, 0.25) is 0 Å². The van der Waals surface area contributed by atoms with Gasteiger partial charge in [-0.25, -0.2) is 0 Å². The molecule has 2 aliphatic rings. The van der Waals surface area contributed by atoms with E-state index in [1.54, 1.807) is 0 Å². The van der Waals surface area contributed by atoms with Gasteiger partial charge in [-0.05, 0) is 32.7 Å². The third-order valence-electron chi connectivity index (χ3n) is 3.24. The molecule has 1 aliphatic heterocycles. The third-order valence-corrected chi connectivity index (χ3v) is 3.24. The molecule has 0 spiro atoms. The van der Waals surface area contributed by atoms with Crippen LogP contribution in [0.25, 0.3) is 0 Å². The molecule has 0 radical (unpaired) electrons. The van der Waals surface area contributed by atoms with Crippen LogP contribution in [0, 0.1) is 5.92 Å². The molecule has 0 bridgehead atoms. The number of likely N-dealkylation sites (tertiary alicyclic amines) is 1. The largest absolute Gasteiger partial charge is 0.300 e. The molecule has 1 aliphatic carbocycles. The Bertz CT molecular complexity index is 116. The van der Waals surface area contributed by atoms with E-state index in [9.17, 15) is 0 Å². The summed E-state index contributed by atoms with van der Waals surface area (Å²) in [5.74, 6) is 1.06. The van der Waals surface area contributed by atoms with Crippen molar-refractivity contribution < 1.29 is 0 Å². The molecule has 0 amide bonds. The van der Waals surface area contributed by atoms with E-state index in [-0.39, 0.29) is 0 Å². The average Bonchev–Trinajstić information content (AvgIpc) is 1.79. The molecule has 1 nitrogen and oxygen atoms in total. The molecular weight excluding hydrogens is 98.1 g/mol. The predicted molar refractivity (Wildman–Crippen MR) is 33.8 cm³/mol. The van der Waals surface area contributed by atoms with Gasteiger partial charge < -0.3 is 4.90 Å². The molecule has 2 rings (SSSR count). The van der Waals surface area contributed by atoms with Crippen molar-refractivity contribution in [1.29, 1.82) is 0 Å². The van der Waals surface area contributed by atoms with Crippen LogP contribution < -0.4 is 0 Å². The molecular formula is C7H13N. The second kappa shape index (κ2) is 1.10. The monoisotopic (exact) mass is 111 g/mol. The van der Waals surface area contributed by atoms with Gasteiger partial charge in [0, 0.05) is 12.1 Å². The molecule has 1 heterocycles. The fraction of sp³-hybridized carbons (Fsp3) is 1.00. The highest BCUT2D eigenvalue weighted by Crippen LogP contribution is 2.50. The molecule has 2 fully saturated rings. The molecule has 1 saturated carbocycles. The Morgan fingerprint density at radius 1 is 1.62 bits per heavy atom. The lowest BCUT2D eigenvalue weighted by molar-refractivity contribution is -0.124. The summed E-state index contributed by atoms with van der Waals surface area (Å²) in [6.45, 7) is 3.74. The topological polar surface area (TPSA) is 3.24 Å². The molecule has 2 atom stereocenters. The Hall–Kier alpha value is -0.0400. The number of nitrogens with zero attached hydrogens (tertiary/aromatic N) is 1. The van der Waals surface area contributed by atoms with Crippen molar-refractivity contribution in [2.24, 2.45) is 5.92 Å². The Kier molecular flexibility index (Phi) is 0.663. The zero-order valence-electron chi connectivity index (χ0n) is 5.65. The van der Waals surface area contributed by atoms with E-state index in [0.29, 0.717) is 5.54 Å². The minimum atomic E-state index is 0.653. The first kappa shape index (κ1) is 4.80. The van der Waals surface area contributed by atoms with Gasteiger partial charge in [0.15, 0.2) is 0 Å². The van der Waals surface area contributed by atoms with Gasteiger partial charge in [-0.3, -0.25) is 0 Å². The summed E-state index contributed by atoms with van der Waals surface area (Å²) in [7, 11) is 2.23. The van der Waals surface area contributed by atoms with Crippen LogP contribution in [-0.2, 0) is 0 Å². The van der Waals surface area contributed by atoms with E-state index in [0.717, 1.165) is 5.92 Å². The van der Waals surface area contributed by atoms with Gasteiger partial charge in [0.1, 0.15) is 0 Å². The first-order valence-corrected chi connectivity index (χ1v) is 3.45. The van der Waals surface area contributed by atoms with Crippen molar-refractivity contribution in [3.05, 3.63) is 0 Å². The molecule has 1 heteroatoms. The SMILES string of the molecule is CN1CC2CCC21C. The summed E-state index contributed by atoms with van der Waals surface area (Å²) in [5, 5.41) is 0. The standard InChI is InChI=1S/C7H13N/c1-7-4-3-6(7)5-8(7)2/h6H,3-5H2,1-2H3. The van der Waals surface area contributed by atoms with E-state index in [2.05, 4.69) is 18.9 Å². The van der Waals surface area contributed by atoms with E-state index in [1.165, 1.54) is 19.4 Å². The maximum absolute atomic E-state index is 2.47. The van der Waals surface area contributed by atoms with Crippen LogP contribution in [0.5, 0.6) is 0 Å². The maximum Gasteiger partial charge on any atom is 0.0219 e. The highest BCUT2D eigenvalue weighted by atomic mass is 15.3. The molecule has 0 aromatic heterocycles. The number of fused-ring (bicyclic) bond motifs is 1. The summed E-state index contributed by atoms with van der Waals surface area (Å²) in [6, 6.07) is 0. The van der Waals surface area contributed by atoms with Crippen molar-refractivity contribution in [1.82, 2.24) is 4.90 Å². The van der Waals surface area contributed by atoms with Crippen LogP contribution in [-0.4, -0.2) is 24.0 Å². The molecule has 1 saturated heterocycles. The number of piperidine rings is 1. The van der Waals surface area contributed by atoms with E-state index in [4.69, 9.17) is 0 Å². The minimum absolute atomic E-state index is 0.653. The number of hydrogen-bond acceptors (Lipinski definition) is 1. The lowest BCUT2D eigenvalue weighted by Gasteiger charge is -2.63. The van der Waals surface area contributed by atoms with Crippen LogP contribution in [0.15, 0.2) is 0 Å². The maximum atomic E-state index is 2.47. The van der Waals surface area contributed by atoms with Crippen LogP contribution in [0.3, 0.4) is 0 Å². The lowest BCUT2D eigenvalue weighted by atomic mass is 9.60. The van der Waals surface area contributed by atoms with Gasteiger partial charge >= 0.3 is 0 Å². The summed E-state index contributed by atoms with van der Waals surface area (Å²) in [4.78, 5) is 2.47. The fourth-order valence-electron chi connectivity index (χ4n) is 1.98. The zero-order chi connectivity index (χ0) is 5.78. The highest BCUT2D eigenvalue weighted by Gasteiger charge is 2.53. The highest BCUT2D eigenvalue weighted by molar-refractivity contribution is 5.09. The molecule has 8 heavy (non-hydrogen) atoms. The van der Waals surface area contributed by atoms with Gasteiger partial charge in [0.2, 0.25) is 0 Å². The normalized spacial score (nSPS) is 54.0. The van der Waals surface area contributed by atoms with Gasteiger partial charge in [-0.1, -0.05) is 0 Å². The van der Waals surface area contributed by atoms with Crippen LogP contribution in [0.4, 0.5) is 0 Å². The summed E-state index contributed by atoms with van der Waals surface area (Å²) < 4.78 is 0. The molecule has 0 aromatic carbocycles. The molecule has 2 unspecified atom stereocenters. The Morgan fingerprint density at radius 3 is 2.38 bits per heavy atom. The van der Waals surface area contributed by atoms with Gasteiger partial charge in [-0.15, -0.1) is 0 Å². The number of hydrogen-bond donors (Lipinski definition) is 0. The van der Waals surface area contributed by atoms with Crippen LogP contribution >= 0.6 is 0 Å². The number of rotatable bonds is 0. The minimum Gasteiger partial charge on any atom is -0.300 e. The van der Waals surface area contributed by atoms with Crippen molar-refractivity contribution in [2.75, 3.05) is 13.6 Å². The average molecular weight is 111 g/mol. The fourth-order valence-corrected chi connectivity index (χ4v) is 1.98. The van der Waals surface area contributed by atoms with E-state index < -0.39 is 0 Å². The van der Waals surface area contributed by atoms with Crippen molar-refractivity contribution >= 4 is 0 Å². The smallest absolute Gasteiger partial charge is 0.0219 e. The predicted octanol–water partition coefficient (Wildman–Crippen LogP) is 1.10. The second-order valence-corrected chi connectivity index (χ2v) is 3.47. The van der Waals surface area contributed by atoms with Crippen LogP contribution in [0.1, 0.15) is 19.8 Å². The summed E-state index contributed by atoms with van der Waals surface area (Å²) in [5.41, 5.74) is 0.653. The van der Waals surface area contributed by atoms with E-state index in [1.807, 2.05) is 0 Å². The zero-order valence-corrected chi connectivity index (χ0v) is 5.65. The second-order valence-electron chi connectivity index (χ2n) is 3.47. The quantitative estimate of drug-likeness (QED) is 0.452. The van der Waals surface area contributed by atoms with Crippen molar-refractivity contribution in [3.63, 3.8) is 0 Å². The van der Waals surface area contributed by atoms with Gasteiger partial charge in [0.25, 0.3) is 0 Å².